The van der Waals surface area contributed by atoms with Crippen LogP contribution in [0.1, 0.15) is 25.3 Å². The SMILES string of the molecule is CC(CN)C(=O)NC1(c2ccccc2F)CC1.Cl. The summed E-state index contributed by atoms with van der Waals surface area (Å²) in [7, 11) is 0. The summed E-state index contributed by atoms with van der Waals surface area (Å²) in [5.41, 5.74) is 5.53. The number of halogens is 2. The summed E-state index contributed by atoms with van der Waals surface area (Å²) in [4.78, 5) is 11.8. The Kier molecular flexibility index (Phi) is 4.71. The van der Waals surface area contributed by atoms with E-state index in [0.29, 0.717) is 12.1 Å². The zero-order chi connectivity index (χ0) is 12.5. The molecule has 0 aliphatic heterocycles. The van der Waals surface area contributed by atoms with E-state index in [4.69, 9.17) is 5.73 Å². The third-order valence-corrected chi connectivity index (χ3v) is 3.30. The van der Waals surface area contributed by atoms with Crippen LogP contribution in [0.2, 0.25) is 0 Å². The van der Waals surface area contributed by atoms with Crippen molar-refractivity contribution in [2.24, 2.45) is 11.7 Å². The molecule has 1 aromatic carbocycles. The minimum absolute atomic E-state index is 0. The molecular weight excluding hydrogens is 255 g/mol. The number of rotatable bonds is 4. The second kappa shape index (κ2) is 5.67. The first-order valence-corrected chi connectivity index (χ1v) is 5.86. The molecule has 3 nitrogen and oxygen atoms in total. The third kappa shape index (κ3) is 2.82. The van der Waals surface area contributed by atoms with E-state index in [1.807, 2.05) is 0 Å². The minimum Gasteiger partial charge on any atom is -0.346 e. The van der Waals surface area contributed by atoms with Crippen LogP contribution < -0.4 is 11.1 Å². The predicted molar refractivity (Wildman–Crippen MR) is 70.9 cm³/mol. The van der Waals surface area contributed by atoms with Gasteiger partial charge in [-0.2, -0.15) is 0 Å². The molecule has 3 N–H and O–H groups in total. The van der Waals surface area contributed by atoms with Crippen LogP contribution in [0.25, 0.3) is 0 Å². The van der Waals surface area contributed by atoms with E-state index in [9.17, 15) is 9.18 Å². The van der Waals surface area contributed by atoms with Crippen LogP contribution in [-0.4, -0.2) is 12.5 Å². The summed E-state index contributed by atoms with van der Waals surface area (Å²) in [6.45, 7) is 2.08. The van der Waals surface area contributed by atoms with Crippen LogP contribution in [0.15, 0.2) is 24.3 Å². The van der Waals surface area contributed by atoms with E-state index in [-0.39, 0.29) is 30.0 Å². The molecule has 0 aromatic heterocycles. The lowest BCUT2D eigenvalue weighted by Gasteiger charge is -2.20. The monoisotopic (exact) mass is 272 g/mol. The molecule has 1 aromatic rings. The lowest BCUT2D eigenvalue weighted by atomic mass is 10.0. The standard InChI is InChI=1S/C13H17FN2O.ClH/c1-9(8-15)12(17)16-13(6-7-13)10-4-2-3-5-11(10)14;/h2-5,9H,6-8,15H2,1H3,(H,16,17);1H. The van der Waals surface area contributed by atoms with Crippen molar-refractivity contribution in [1.82, 2.24) is 5.32 Å². The predicted octanol–water partition coefficient (Wildman–Crippen LogP) is 1.95. The number of carbonyl (C=O) groups excluding carboxylic acids is 1. The number of nitrogens with two attached hydrogens (primary N) is 1. The van der Waals surface area contributed by atoms with Gasteiger partial charge in [0.1, 0.15) is 5.82 Å². The fraction of sp³-hybridized carbons (Fsp3) is 0.462. The molecule has 0 heterocycles. The van der Waals surface area contributed by atoms with E-state index in [2.05, 4.69) is 5.32 Å². The maximum Gasteiger partial charge on any atom is 0.224 e. The molecule has 1 saturated carbocycles. The molecule has 0 saturated heterocycles. The van der Waals surface area contributed by atoms with Crippen LogP contribution in [0, 0.1) is 11.7 Å². The highest BCUT2D eigenvalue weighted by Gasteiger charge is 2.47. The number of amides is 1. The van der Waals surface area contributed by atoms with Gasteiger partial charge in [0, 0.05) is 18.0 Å². The summed E-state index contributed by atoms with van der Waals surface area (Å²) in [6.07, 6.45) is 1.58. The first-order valence-electron chi connectivity index (χ1n) is 5.86. The van der Waals surface area contributed by atoms with Crippen LogP contribution in [0.3, 0.4) is 0 Å². The number of hydrogen-bond acceptors (Lipinski definition) is 2. The zero-order valence-corrected chi connectivity index (χ0v) is 11.1. The Morgan fingerprint density at radius 1 is 1.50 bits per heavy atom. The van der Waals surface area contributed by atoms with Crippen LogP contribution >= 0.6 is 12.4 Å². The fourth-order valence-electron chi connectivity index (χ4n) is 1.90. The van der Waals surface area contributed by atoms with Gasteiger partial charge in [0.25, 0.3) is 0 Å². The van der Waals surface area contributed by atoms with Gasteiger partial charge in [0.05, 0.1) is 5.54 Å². The van der Waals surface area contributed by atoms with Gasteiger partial charge in [-0.15, -0.1) is 12.4 Å². The minimum atomic E-state index is -0.494. The summed E-state index contributed by atoms with van der Waals surface area (Å²) >= 11 is 0. The molecule has 1 aliphatic carbocycles. The Morgan fingerprint density at radius 2 is 2.11 bits per heavy atom. The molecule has 0 spiro atoms. The van der Waals surface area contributed by atoms with Gasteiger partial charge >= 0.3 is 0 Å². The van der Waals surface area contributed by atoms with E-state index in [1.54, 1.807) is 25.1 Å². The molecule has 1 unspecified atom stereocenters. The Hall–Kier alpha value is -1.13. The quantitative estimate of drug-likeness (QED) is 0.880. The van der Waals surface area contributed by atoms with Gasteiger partial charge in [-0.25, -0.2) is 4.39 Å². The number of hydrogen-bond donors (Lipinski definition) is 2. The fourth-order valence-corrected chi connectivity index (χ4v) is 1.90. The highest BCUT2D eigenvalue weighted by molar-refractivity contribution is 5.85. The van der Waals surface area contributed by atoms with Gasteiger partial charge < -0.3 is 11.1 Å². The van der Waals surface area contributed by atoms with Crippen LogP contribution in [-0.2, 0) is 10.3 Å². The largest absolute Gasteiger partial charge is 0.346 e. The van der Waals surface area contributed by atoms with E-state index >= 15 is 0 Å². The van der Waals surface area contributed by atoms with Crippen molar-refractivity contribution >= 4 is 18.3 Å². The Bertz CT molecular complexity index is 435. The Labute approximate surface area is 112 Å². The van der Waals surface area contributed by atoms with Crippen LogP contribution in [0.4, 0.5) is 4.39 Å². The second-order valence-corrected chi connectivity index (χ2v) is 4.69. The van der Waals surface area contributed by atoms with E-state index in [0.717, 1.165) is 12.8 Å². The maximum atomic E-state index is 13.7. The van der Waals surface area contributed by atoms with Gasteiger partial charge in [-0.1, -0.05) is 25.1 Å². The molecule has 18 heavy (non-hydrogen) atoms. The van der Waals surface area contributed by atoms with Crippen molar-refractivity contribution in [2.75, 3.05) is 6.54 Å². The number of nitrogens with one attached hydrogen (secondary N) is 1. The van der Waals surface area contributed by atoms with Gasteiger partial charge in [0.15, 0.2) is 0 Å². The van der Waals surface area contributed by atoms with Crippen molar-refractivity contribution in [1.29, 1.82) is 0 Å². The first-order chi connectivity index (χ1) is 8.09. The Balaban J connectivity index is 0.00000162. The molecule has 1 atom stereocenters. The maximum absolute atomic E-state index is 13.7. The average molecular weight is 273 g/mol. The van der Waals surface area contributed by atoms with E-state index < -0.39 is 5.54 Å². The molecule has 1 fully saturated rings. The highest BCUT2D eigenvalue weighted by atomic mass is 35.5. The third-order valence-electron chi connectivity index (χ3n) is 3.30. The van der Waals surface area contributed by atoms with Gasteiger partial charge in [-0.05, 0) is 18.9 Å². The highest BCUT2D eigenvalue weighted by Crippen LogP contribution is 2.46. The average Bonchev–Trinajstić information content (AvgIpc) is 3.09. The van der Waals surface area contributed by atoms with E-state index in [1.165, 1.54) is 6.07 Å². The smallest absolute Gasteiger partial charge is 0.224 e. The summed E-state index contributed by atoms with van der Waals surface area (Å²) in [6, 6.07) is 6.60. The molecular formula is C13H18ClFN2O. The van der Waals surface area contributed by atoms with Crippen molar-refractivity contribution < 1.29 is 9.18 Å². The molecule has 1 aliphatic rings. The van der Waals surface area contributed by atoms with Crippen molar-refractivity contribution in [2.45, 2.75) is 25.3 Å². The molecule has 0 radical (unpaired) electrons. The first kappa shape index (κ1) is 14.9. The summed E-state index contributed by atoms with van der Waals surface area (Å²) in [5, 5.41) is 2.92. The topological polar surface area (TPSA) is 55.1 Å². The molecule has 100 valence electrons. The lowest BCUT2D eigenvalue weighted by Crippen LogP contribution is -2.40. The molecule has 1 amide bonds. The molecule has 0 bridgehead atoms. The van der Waals surface area contributed by atoms with Crippen molar-refractivity contribution in [3.8, 4) is 0 Å². The summed E-state index contributed by atoms with van der Waals surface area (Å²) < 4.78 is 13.7. The van der Waals surface area contributed by atoms with Crippen LogP contribution in [0.5, 0.6) is 0 Å². The van der Waals surface area contributed by atoms with Gasteiger partial charge in [0.2, 0.25) is 5.91 Å². The lowest BCUT2D eigenvalue weighted by molar-refractivity contribution is -0.125. The second-order valence-electron chi connectivity index (χ2n) is 4.69. The van der Waals surface area contributed by atoms with Crippen molar-refractivity contribution in [3.63, 3.8) is 0 Å². The normalized spacial score (nSPS) is 17.5. The Morgan fingerprint density at radius 3 is 2.61 bits per heavy atom. The number of benzene rings is 1. The zero-order valence-electron chi connectivity index (χ0n) is 10.3. The van der Waals surface area contributed by atoms with Crippen molar-refractivity contribution in [3.05, 3.63) is 35.6 Å². The van der Waals surface area contributed by atoms with Gasteiger partial charge in [-0.3, -0.25) is 4.79 Å². The molecule has 5 heteroatoms. The summed E-state index contributed by atoms with van der Waals surface area (Å²) in [5.74, 6) is -0.599. The number of carbonyl (C=O) groups is 1. The molecule has 2 rings (SSSR count).